The van der Waals surface area contributed by atoms with Gasteiger partial charge in [0.1, 0.15) is 29.9 Å². The Balaban J connectivity index is 1.34. The predicted octanol–water partition coefficient (Wildman–Crippen LogP) is 2.02. The van der Waals surface area contributed by atoms with Gasteiger partial charge in [0.05, 0.1) is 12.8 Å². The minimum absolute atomic E-state index is 0.0734. The molecule has 11 heteroatoms. The molecule has 2 aliphatic rings. The van der Waals surface area contributed by atoms with E-state index in [1.807, 2.05) is 0 Å². The van der Waals surface area contributed by atoms with Crippen LogP contribution in [0.5, 0.6) is 5.75 Å². The zero-order valence-corrected chi connectivity index (χ0v) is 20.3. The molecule has 36 heavy (non-hydrogen) atoms. The van der Waals surface area contributed by atoms with E-state index in [9.17, 15) is 14.0 Å². The van der Waals surface area contributed by atoms with Crippen molar-refractivity contribution in [2.75, 3.05) is 13.7 Å². The number of hydrogen-bond donors (Lipinski definition) is 3. The number of carbonyl (C=O) groups excluding carboxylic acids is 2. The summed E-state index contributed by atoms with van der Waals surface area (Å²) in [5.41, 5.74) is 2.11. The van der Waals surface area contributed by atoms with Crippen LogP contribution in [-0.4, -0.2) is 58.5 Å². The summed E-state index contributed by atoms with van der Waals surface area (Å²) in [5.74, 6) is -0.358. The van der Waals surface area contributed by atoms with Crippen LogP contribution < -0.4 is 15.4 Å². The smallest absolute Gasteiger partial charge is 0.270 e. The van der Waals surface area contributed by atoms with Crippen LogP contribution in [0.15, 0.2) is 29.4 Å². The first-order valence-electron chi connectivity index (χ1n) is 12.0. The van der Waals surface area contributed by atoms with E-state index in [0.29, 0.717) is 35.1 Å². The highest BCUT2D eigenvalue weighted by atomic mass is 19.1. The van der Waals surface area contributed by atoms with E-state index in [4.69, 9.17) is 14.7 Å². The second-order valence-electron chi connectivity index (χ2n) is 9.06. The van der Waals surface area contributed by atoms with Crippen molar-refractivity contribution in [3.8, 4) is 5.75 Å². The number of hydrogen-bond acceptors (Lipinski definition) is 8. The van der Waals surface area contributed by atoms with Crippen molar-refractivity contribution in [3.63, 3.8) is 0 Å². The van der Waals surface area contributed by atoms with Gasteiger partial charge in [0.25, 0.3) is 5.91 Å². The molecule has 1 aliphatic heterocycles. The van der Waals surface area contributed by atoms with Gasteiger partial charge in [-0.3, -0.25) is 9.59 Å². The molecule has 2 heterocycles. The number of carbonyl (C=O) groups is 2. The number of aliphatic hydroxyl groups excluding tert-OH is 1. The second kappa shape index (κ2) is 11.4. The van der Waals surface area contributed by atoms with E-state index in [0.717, 1.165) is 25.7 Å². The Labute approximate surface area is 208 Å². The first-order valence-corrected chi connectivity index (χ1v) is 12.0. The largest absolute Gasteiger partial charge is 0.494 e. The molecule has 2 amide bonds. The molecule has 1 aliphatic carbocycles. The summed E-state index contributed by atoms with van der Waals surface area (Å²) in [6, 6.07) is 6.07. The number of amides is 2. The Morgan fingerprint density at radius 3 is 2.69 bits per heavy atom. The van der Waals surface area contributed by atoms with Crippen LogP contribution in [-0.2, 0) is 16.2 Å². The minimum Gasteiger partial charge on any atom is -0.494 e. The topological polar surface area (TPSA) is 135 Å². The third kappa shape index (κ3) is 6.14. The highest BCUT2D eigenvalue weighted by molar-refractivity contribution is 6.01. The lowest BCUT2D eigenvalue weighted by atomic mass is 9.81. The van der Waals surface area contributed by atoms with E-state index in [2.05, 4.69) is 25.8 Å². The molecule has 1 saturated carbocycles. The summed E-state index contributed by atoms with van der Waals surface area (Å²) in [6.07, 6.45) is 3.90. The van der Waals surface area contributed by atoms with E-state index >= 15 is 0 Å². The standard InChI is InChI=1S/C25H30FN5O5/c1-14-28-19(10-21(29-14)25(34)27-12-15-3-8-18(26)23(9-15)35-2)20-11-22(36-31-20)16-4-6-17(7-5-16)30-24(33)13-32/h3,8-10,16-17,22,32H,4-7,11-13H2,1-2H3,(H,27,34)(H,30,33). The first kappa shape index (κ1) is 25.5. The number of nitrogens with one attached hydrogen (secondary N) is 2. The maximum absolute atomic E-state index is 13.6. The molecule has 1 aromatic carbocycles. The van der Waals surface area contributed by atoms with E-state index < -0.39 is 12.4 Å². The summed E-state index contributed by atoms with van der Waals surface area (Å²) in [5, 5.41) is 18.8. The van der Waals surface area contributed by atoms with Gasteiger partial charge < -0.3 is 25.3 Å². The second-order valence-corrected chi connectivity index (χ2v) is 9.06. The number of rotatable bonds is 8. The summed E-state index contributed by atoms with van der Waals surface area (Å²) in [7, 11) is 1.38. The number of methoxy groups -OCH3 is 1. The Hall–Kier alpha value is -3.60. The number of aliphatic hydroxyl groups is 1. The molecule has 2 aromatic rings. The number of benzene rings is 1. The zero-order valence-electron chi connectivity index (χ0n) is 20.3. The predicted molar refractivity (Wildman–Crippen MR) is 128 cm³/mol. The first-order chi connectivity index (χ1) is 17.4. The fraction of sp³-hybridized carbons (Fsp3) is 0.480. The lowest BCUT2D eigenvalue weighted by Crippen LogP contribution is -2.40. The molecule has 4 rings (SSSR count). The van der Waals surface area contributed by atoms with Crippen molar-refractivity contribution < 1.29 is 28.7 Å². The van der Waals surface area contributed by atoms with Crippen LogP contribution in [0.25, 0.3) is 0 Å². The van der Waals surface area contributed by atoms with Gasteiger partial charge in [0, 0.05) is 19.0 Å². The summed E-state index contributed by atoms with van der Waals surface area (Å²) >= 11 is 0. The monoisotopic (exact) mass is 499 g/mol. The zero-order chi connectivity index (χ0) is 25.7. The lowest BCUT2D eigenvalue weighted by Gasteiger charge is -2.31. The molecule has 10 nitrogen and oxygen atoms in total. The fourth-order valence-electron chi connectivity index (χ4n) is 4.63. The lowest BCUT2D eigenvalue weighted by molar-refractivity contribution is -0.124. The maximum atomic E-state index is 13.6. The van der Waals surface area contributed by atoms with Gasteiger partial charge in [-0.25, -0.2) is 14.4 Å². The molecule has 1 unspecified atom stereocenters. The normalized spacial score (nSPS) is 21.3. The van der Waals surface area contributed by atoms with Crippen molar-refractivity contribution in [2.24, 2.45) is 11.1 Å². The third-order valence-electron chi connectivity index (χ3n) is 6.53. The maximum Gasteiger partial charge on any atom is 0.270 e. The molecule has 0 saturated heterocycles. The highest BCUT2D eigenvalue weighted by Gasteiger charge is 2.34. The van der Waals surface area contributed by atoms with Crippen LogP contribution in [0.3, 0.4) is 0 Å². The quantitative estimate of drug-likeness (QED) is 0.506. The molecule has 192 valence electrons. The summed E-state index contributed by atoms with van der Waals surface area (Å²) in [6.45, 7) is 1.39. The van der Waals surface area contributed by atoms with Crippen molar-refractivity contribution in [1.82, 2.24) is 20.6 Å². The molecule has 1 aromatic heterocycles. The minimum atomic E-state index is -0.498. The number of aryl methyl sites for hydroxylation is 1. The third-order valence-corrected chi connectivity index (χ3v) is 6.53. The van der Waals surface area contributed by atoms with Crippen LogP contribution in [0.2, 0.25) is 0 Å². The van der Waals surface area contributed by atoms with E-state index in [1.54, 1.807) is 19.1 Å². The average Bonchev–Trinajstić information content (AvgIpc) is 3.38. The van der Waals surface area contributed by atoms with Gasteiger partial charge >= 0.3 is 0 Å². The van der Waals surface area contributed by atoms with Crippen molar-refractivity contribution in [2.45, 2.75) is 57.7 Å². The van der Waals surface area contributed by atoms with Gasteiger partial charge in [-0.05, 0) is 62.3 Å². The van der Waals surface area contributed by atoms with Gasteiger partial charge in [-0.2, -0.15) is 0 Å². The Morgan fingerprint density at radius 1 is 1.19 bits per heavy atom. The van der Waals surface area contributed by atoms with Gasteiger partial charge in [0.15, 0.2) is 11.6 Å². The van der Waals surface area contributed by atoms with Crippen LogP contribution in [0, 0.1) is 18.7 Å². The SMILES string of the molecule is COc1cc(CNC(=O)c2cc(C3=NOC(C4CCC(NC(=O)CO)CC4)C3)nc(C)n2)ccc1F. The fourth-order valence-corrected chi connectivity index (χ4v) is 4.63. The number of oxime groups is 1. The van der Waals surface area contributed by atoms with Crippen molar-refractivity contribution in [3.05, 3.63) is 52.9 Å². The van der Waals surface area contributed by atoms with Crippen LogP contribution in [0.1, 0.15) is 59.7 Å². The van der Waals surface area contributed by atoms with Crippen molar-refractivity contribution in [1.29, 1.82) is 0 Å². The van der Waals surface area contributed by atoms with Gasteiger partial charge in [0.2, 0.25) is 5.91 Å². The molecule has 0 radical (unpaired) electrons. The van der Waals surface area contributed by atoms with Crippen LogP contribution >= 0.6 is 0 Å². The molecular weight excluding hydrogens is 469 g/mol. The van der Waals surface area contributed by atoms with Crippen molar-refractivity contribution >= 4 is 17.5 Å². The molecule has 0 bridgehead atoms. The molecule has 3 N–H and O–H groups in total. The highest BCUT2D eigenvalue weighted by Crippen LogP contribution is 2.33. The molecule has 0 spiro atoms. The van der Waals surface area contributed by atoms with Gasteiger partial charge in [-0.15, -0.1) is 0 Å². The molecule has 1 atom stereocenters. The number of nitrogens with zero attached hydrogens (tertiary/aromatic N) is 3. The summed E-state index contributed by atoms with van der Waals surface area (Å²) in [4.78, 5) is 38.6. The Bertz CT molecular complexity index is 1150. The van der Waals surface area contributed by atoms with Crippen LogP contribution in [0.4, 0.5) is 4.39 Å². The summed E-state index contributed by atoms with van der Waals surface area (Å²) < 4.78 is 18.6. The Kier molecular flexibility index (Phi) is 8.09. The average molecular weight is 500 g/mol. The van der Waals surface area contributed by atoms with Gasteiger partial charge in [-0.1, -0.05) is 11.2 Å². The molecule has 1 fully saturated rings. The Morgan fingerprint density at radius 2 is 1.97 bits per heavy atom. The van der Waals surface area contributed by atoms with E-state index in [-0.39, 0.29) is 41.9 Å². The number of ether oxygens (including phenoxy) is 1. The molecular formula is C25H30FN5O5. The van der Waals surface area contributed by atoms with E-state index in [1.165, 1.54) is 19.2 Å². The number of aromatic nitrogens is 2. The number of halogens is 1.